The molecule has 0 aliphatic rings. The summed E-state index contributed by atoms with van der Waals surface area (Å²) in [6.07, 6.45) is 1.95. The van der Waals surface area contributed by atoms with Gasteiger partial charge in [0.05, 0.1) is 23.2 Å². The van der Waals surface area contributed by atoms with Crippen LogP contribution in [-0.2, 0) is 4.74 Å². The lowest BCUT2D eigenvalue weighted by molar-refractivity contribution is 0.0531. The molecule has 0 radical (unpaired) electrons. The Kier molecular flexibility index (Phi) is 4.71. The van der Waals surface area contributed by atoms with Crippen LogP contribution in [0.1, 0.15) is 17.3 Å². The number of hydrogen-bond donors (Lipinski definition) is 0. The predicted molar refractivity (Wildman–Crippen MR) is 94.9 cm³/mol. The molecule has 24 heavy (non-hydrogen) atoms. The van der Waals surface area contributed by atoms with Gasteiger partial charge >= 0.3 is 5.97 Å². The average Bonchev–Trinajstić information content (AvgIpc) is 2.89. The number of likely N-dealkylation sites (N-methyl/N-ethyl adjacent to an activating group) is 1. The number of carbonyl (C=O) groups excluding carboxylic acids is 1. The van der Waals surface area contributed by atoms with E-state index >= 15 is 0 Å². The number of fused-ring (bicyclic) bond motifs is 3. The first-order chi connectivity index (χ1) is 11.6. The first-order valence-electron chi connectivity index (χ1n) is 8.09. The van der Waals surface area contributed by atoms with Gasteiger partial charge in [-0.25, -0.2) is 4.79 Å². The Balaban J connectivity index is 2.06. The van der Waals surface area contributed by atoms with Crippen molar-refractivity contribution in [2.45, 2.75) is 6.92 Å². The quantitative estimate of drug-likeness (QED) is 0.653. The fourth-order valence-electron chi connectivity index (χ4n) is 2.77. The Morgan fingerprint density at radius 3 is 2.75 bits per heavy atom. The summed E-state index contributed by atoms with van der Waals surface area (Å²) in [6, 6.07) is 11.6. The maximum absolute atomic E-state index is 12.4. The minimum absolute atomic E-state index is 0.294. The maximum atomic E-state index is 12.4. The van der Waals surface area contributed by atoms with E-state index in [2.05, 4.69) is 4.90 Å². The molecule has 1 aromatic carbocycles. The number of esters is 1. The van der Waals surface area contributed by atoms with E-state index in [1.807, 2.05) is 68.0 Å². The van der Waals surface area contributed by atoms with Crippen LogP contribution in [0, 0.1) is 0 Å². The van der Waals surface area contributed by atoms with Crippen LogP contribution in [0.5, 0.6) is 5.75 Å². The van der Waals surface area contributed by atoms with Crippen LogP contribution in [0.3, 0.4) is 0 Å². The molecule has 5 heteroatoms. The van der Waals surface area contributed by atoms with Gasteiger partial charge in [0.15, 0.2) is 0 Å². The van der Waals surface area contributed by atoms with Crippen LogP contribution in [0.25, 0.3) is 16.4 Å². The first kappa shape index (κ1) is 16.3. The predicted octanol–water partition coefficient (Wildman–Crippen LogP) is 3.21. The smallest absolute Gasteiger partial charge is 0.340 e. The molecule has 0 atom stereocenters. The average molecular weight is 326 g/mol. The Labute approximate surface area is 141 Å². The number of nitrogens with zero attached hydrogens (tertiary/aromatic N) is 2. The third kappa shape index (κ3) is 3.08. The van der Waals surface area contributed by atoms with Crippen molar-refractivity contribution in [3.8, 4) is 5.75 Å². The van der Waals surface area contributed by atoms with Crippen molar-refractivity contribution >= 4 is 22.4 Å². The molecule has 0 saturated heterocycles. The first-order valence-corrected chi connectivity index (χ1v) is 8.09. The van der Waals surface area contributed by atoms with Crippen molar-refractivity contribution in [3.05, 3.63) is 48.2 Å². The highest BCUT2D eigenvalue weighted by Crippen LogP contribution is 2.30. The van der Waals surface area contributed by atoms with Crippen molar-refractivity contribution in [1.82, 2.24) is 9.30 Å². The Hall–Kier alpha value is -2.53. The summed E-state index contributed by atoms with van der Waals surface area (Å²) in [5.74, 6) is 0.500. The molecule has 3 aromatic rings. The monoisotopic (exact) mass is 326 g/mol. The minimum Gasteiger partial charge on any atom is -0.492 e. The zero-order valence-electron chi connectivity index (χ0n) is 14.3. The second-order valence-corrected chi connectivity index (χ2v) is 5.88. The lowest BCUT2D eigenvalue weighted by Gasteiger charge is -2.11. The van der Waals surface area contributed by atoms with E-state index in [1.165, 1.54) is 0 Å². The van der Waals surface area contributed by atoms with E-state index in [-0.39, 0.29) is 5.97 Å². The summed E-state index contributed by atoms with van der Waals surface area (Å²) in [6.45, 7) is 3.64. The number of rotatable bonds is 6. The van der Waals surface area contributed by atoms with E-state index < -0.39 is 0 Å². The molecule has 0 saturated carbocycles. The standard InChI is InChI=1S/C19H22N2O3/c1-4-23-19(22)18-15-9-8-14(24-12-11-20(2)3)13-17(15)21-10-6-5-7-16(18)21/h5-10,13H,4,11-12H2,1-3H3. The van der Waals surface area contributed by atoms with Gasteiger partial charge in [-0.05, 0) is 45.3 Å². The molecule has 0 fully saturated rings. The number of ether oxygens (including phenoxy) is 2. The molecule has 0 aliphatic heterocycles. The van der Waals surface area contributed by atoms with Gasteiger partial charge in [-0.1, -0.05) is 6.07 Å². The van der Waals surface area contributed by atoms with Gasteiger partial charge in [-0.15, -0.1) is 0 Å². The second kappa shape index (κ2) is 6.93. The largest absolute Gasteiger partial charge is 0.492 e. The Morgan fingerprint density at radius 2 is 2.00 bits per heavy atom. The van der Waals surface area contributed by atoms with Crippen molar-refractivity contribution in [2.75, 3.05) is 33.9 Å². The lowest BCUT2D eigenvalue weighted by Crippen LogP contribution is -2.19. The topological polar surface area (TPSA) is 43.2 Å². The maximum Gasteiger partial charge on any atom is 0.340 e. The number of carbonyl (C=O) groups is 1. The van der Waals surface area contributed by atoms with Crippen LogP contribution in [0.2, 0.25) is 0 Å². The summed E-state index contributed by atoms with van der Waals surface area (Å²) < 4.78 is 13.1. The fourth-order valence-corrected chi connectivity index (χ4v) is 2.77. The molecule has 126 valence electrons. The molecule has 2 heterocycles. The van der Waals surface area contributed by atoms with Crippen LogP contribution in [0.15, 0.2) is 42.6 Å². The second-order valence-electron chi connectivity index (χ2n) is 5.88. The van der Waals surface area contributed by atoms with Gasteiger partial charge in [-0.3, -0.25) is 0 Å². The Morgan fingerprint density at radius 1 is 1.17 bits per heavy atom. The van der Waals surface area contributed by atoms with Gasteiger partial charge in [0.1, 0.15) is 12.4 Å². The molecular weight excluding hydrogens is 304 g/mol. The summed E-state index contributed by atoms with van der Waals surface area (Å²) in [5.41, 5.74) is 2.39. The van der Waals surface area contributed by atoms with Crippen LogP contribution in [-0.4, -0.2) is 49.1 Å². The van der Waals surface area contributed by atoms with Crippen LogP contribution < -0.4 is 4.74 Å². The number of aromatic nitrogens is 1. The molecular formula is C19H22N2O3. The summed E-state index contributed by atoms with van der Waals surface area (Å²) in [4.78, 5) is 14.5. The summed E-state index contributed by atoms with van der Waals surface area (Å²) >= 11 is 0. The number of pyridine rings is 1. The van der Waals surface area contributed by atoms with Crippen molar-refractivity contribution in [1.29, 1.82) is 0 Å². The Bertz CT molecular complexity index is 868. The van der Waals surface area contributed by atoms with Crippen LogP contribution >= 0.6 is 0 Å². The van der Waals surface area contributed by atoms with E-state index in [0.29, 0.717) is 18.8 Å². The van der Waals surface area contributed by atoms with Gasteiger partial charge in [0.2, 0.25) is 0 Å². The number of benzene rings is 1. The van der Waals surface area contributed by atoms with Gasteiger partial charge < -0.3 is 18.8 Å². The summed E-state index contributed by atoms with van der Waals surface area (Å²) in [7, 11) is 4.03. The normalized spacial score (nSPS) is 11.3. The molecule has 0 bridgehead atoms. The third-order valence-electron chi connectivity index (χ3n) is 3.90. The molecule has 3 rings (SSSR count). The van der Waals surface area contributed by atoms with E-state index in [1.54, 1.807) is 0 Å². The SMILES string of the molecule is CCOC(=O)c1c2ccc(OCCN(C)C)cc2n2ccccc12. The number of hydrogen-bond acceptors (Lipinski definition) is 4. The van der Waals surface area contributed by atoms with E-state index in [0.717, 1.165) is 28.7 Å². The highest BCUT2D eigenvalue weighted by atomic mass is 16.5. The minimum atomic E-state index is -0.294. The van der Waals surface area contributed by atoms with E-state index in [9.17, 15) is 4.79 Å². The molecule has 0 spiro atoms. The van der Waals surface area contributed by atoms with Crippen molar-refractivity contribution < 1.29 is 14.3 Å². The fraction of sp³-hybridized carbons (Fsp3) is 0.316. The highest BCUT2D eigenvalue weighted by molar-refractivity contribution is 6.11. The van der Waals surface area contributed by atoms with E-state index in [4.69, 9.17) is 9.47 Å². The van der Waals surface area contributed by atoms with Gasteiger partial charge in [0, 0.05) is 24.2 Å². The summed E-state index contributed by atoms with van der Waals surface area (Å²) in [5, 5.41) is 0.875. The van der Waals surface area contributed by atoms with Crippen molar-refractivity contribution in [3.63, 3.8) is 0 Å². The zero-order chi connectivity index (χ0) is 17.1. The van der Waals surface area contributed by atoms with Gasteiger partial charge in [0.25, 0.3) is 0 Å². The molecule has 5 nitrogen and oxygen atoms in total. The molecule has 2 aromatic heterocycles. The highest BCUT2D eigenvalue weighted by Gasteiger charge is 2.19. The third-order valence-corrected chi connectivity index (χ3v) is 3.90. The lowest BCUT2D eigenvalue weighted by atomic mass is 10.1. The molecule has 0 unspecified atom stereocenters. The van der Waals surface area contributed by atoms with Crippen molar-refractivity contribution in [2.24, 2.45) is 0 Å². The molecule has 0 aliphatic carbocycles. The van der Waals surface area contributed by atoms with Gasteiger partial charge in [-0.2, -0.15) is 0 Å². The molecule has 0 amide bonds. The van der Waals surface area contributed by atoms with Crippen LogP contribution in [0.4, 0.5) is 0 Å². The zero-order valence-corrected chi connectivity index (χ0v) is 14.3. The molecule has 0 N–H and O–H groups in total.